The molecule has 2 saturated heterocycles. The van der Waals surface area contributed by atoms with Gasteiger partial charge in [0.25, 0.3) is 5.91 Å². The Balaban J connectivity index is 1.63. The maximum Gasteiger partial charge on any atom is 0.257 e. The van der Waals surface area contributed by atoms with Gasteiger partial charge in [-0.15, -0.1) is 0 Å². The zero-order chi connectivity index (χ0) is 16.1. The molecule has 0 radical (unpaired) electrons. The average Bonchev–Trinajstić information content (AvgIpc) is 3.10. The van der Waals surface area contributed by atoms with E-state index in [2.05, 4.69) is 11.9 Å². The van der Waals surface area contributed by atoms with Gasteiger partial charge in [-0.1, -0.05) is 0 Å². The van der Waals surface area contributed by atoms with Crippen molar-refractivity contribution in [2.45, 2.75) is 18.9 Å². The Kier molecular flexibility index (Phi) is 3.37. The minimum atomic E-state index is -0.782. The number of rotatable bonds is 1. The van der Waals surface area contributed by atoms with Gasteiger partial charge in [0.05, 0.1) is 5.56 Å². The smallest absolute Gasteiger partial charge is 0.257 e. The van der Waals surface area contributed by atoms with Gasteiger partial charge in [-0.3, -0.25) is 4.79 Å². The molecule has 2 unspecified atom stereocenters. The van der Waals surface area contributed by atoms with Crippen molar-refractivity contribution in [3.8, 4) is 0 Å². The van der Waals surface area contributed by atoms with E-state index in [-0.39, 0.29) is 22.4 Å². The number of carbonyl (C=O) groups is 1. The van der Waals surface area contributed by atoms with E-state index < -0.39 is 11.6 Å². The van der Waals surface area contributed by atoms with Crippen LogP contribution in [0.25, 0.3) is 11.0 Å². The zero-order valence-corrected chi connectivity index (χ0v) is 12.9. The fourth-order valence-electron chi connectivity index (χ4n) is 4.00. The predicted octanol–water partition coefficient (Wildman–Crippen LogP) is 2.88. The predicted molar refractivity (Wildman–Crippen MR) is 81.2 cm³/mol. The van der Waals surface area contributed by atoms with E-state index >= 15 is 0 Å². The Morgan fingerprint density at radius 2 is 2.09 bits per heavy atom. The first-order valence-corrected chi connectivity index (χ1v) is 7.90. The summed E-state index contributed by atoms with van der Waals surface area (Å²) in [5.74, 6) is -1.22. The van der Waals surface area contributed by atoms with Crippen molar-refractivity contribution in [3.05, 3.63) is 35.6 Å². The summed E-state index contributed by atoms with van der Waals surface area (Å²) >= 11 is 0. The second-order valence-corrected chi connectivity index (χ2v) is 6.55. The second kappa shape index (κ2) is 5.30. The summed E-state index contributed by atoms with van der Waals surface area (Å²) in [5, 5.41) is 0.207. The van der Waals surface area contributed by atoms with E-state index in [1.165, 1.54) is 6.26 Å². The minimum Gasteiger partial charge on any atom is -0.460 e. The van der Waals surface area contributed by atoms with Gasteiger partial charge in [0.15, 0.2) is 11.4 Å². The van der Waals surface area contributed by atoms with E-state index in [4.69, 9.17) is 4.42 Å². The number of likely N-dealkylation sites (tertiary alicyclic amines) is 2. The van der Waals surface area contributed by atoms with Gasteiger partial charge in [0.2, 0.25) is 0 Å². The number of hydrogen-bond acceptors (Lipinski definition) is 3. The van der Waals surface area contributed by atoms with Crippen LogP contribution in [0.5, 0.6) is 0 Å². The van der Waals surface area contributed by atoms with Gasteiger partial charge in [-0.2, -0.15) is 0 Å². The molecule has 6 heteroatoms. The molecular formula is C17H18F2N2O2. The molecule has 1 amide bonds. The molecule has 0 aliphatic carbocycles. The first-order chi connectivity index (χ1) is 11.0. The van der Waals surface area contributed by atoms with Crippen LogP contribution in [-0.2, 0) is 0 Å². The third-order valence-corrected chi connectivity index (χ3v) is 5.22. The van der Waals surface area contributed by atoms with Gasteiger partial charge in [0.1, 0.15) is 12.1 Å². The highest BCUT2D eigenvalue weighted by Gasteiger charge is 2.38. The van der Waals surface area contributed by atoms with Crippen molar-refractivity contribution in [1.82, 2.24) is 9.80 Å². The molecule has 23 heavy (non-hydrogen) atoms. The number of piperidine rings is 1. The standard InChI is InChI=1S/C17H18F2N2O2/c1-20-4-2-10-8-21(5-3-15(10)20)17(22)13-9-23-16-12(13)6-11(18)7-14(16)19/h6-7,9-10,15H,2-5,8H2,1H3. The lowest BCUT2D eigenvalue weighted by Crippen LogP contribution is -2.47. The van der Waals surface area contributed by atoms with Crippen LogP contribution in [0, 0.1) is 17.6 Å². The molecule has 2 fully saturated rings. The van der Waals surface area contributed by atoms with Gasteiger partial charge in [0, 0.05) is 30.6 Å². The quantitative estimate of drug-likeness (QED) is 0.811. The second-order valence-electron chi connectivity index (χ2n) is 6.55. The third-order valence-electron chi connectivity index (χ3n) is 5.22. The van der Waals surface area contributed by atoms with E-state index in [1.54, 1.807) is 4.90 Å². The van der Waals surface area contributed by atoms with Gasteiger partial charge in [-0.25, -0.2) is 8.78 Å². The molecule has 0 N–H and O–H groups in total. The fraction of sp³-hybridized carbons (Fsp3) is 0.471. The Morgan fingerprint density at radius 1 is 1.26 bits per heavy atom. The van der Waals surface area contributed by atoms with Crippen LogP contribution in [0.4, 0.5) is 8.78 Å². The number of halogens is 2. The lowest BCUT2D eigenvalue weighted by atomic mass is 9.92. The molecule has 122 valence electrons. The molecule has 3 heterocycles. The number of nitrogens with zero attached hydrogens (tertiary/aromatic N) is 2. The largest absolute Gasteiger partial charge is 0.460 e. The van der Waals surface area contributed by atoms with Crippen LogP contribution in [0.1, 0.15) is 23.2 Å². The first kappa shape index (κ1) is 14.6. The summed E-state index contributed by atoms with van der Waals surface area (Å²) in [6.45, 7) is 2.41. The van der Waals surface area contributed by atoms with E-state index in [0.29, 0.717) is 25.0 Å². The van der Waals surface area contributed by atoms with E-state index in [9.17, 15) is 13.6 Å². The minimum absolute atomic E-state index is 0.0646. The first-order valence-electron chi connectivity index (χ1n) is 7.90. The highest BCUT2D eigenvalue weighted by Crippen LogP contribution is 2.32. The molecule has 4 rings (SSSR count). The van der Waals surface area contributed by atoms with Crippen molar-refractivity contribution in [2.75, 3.05) is 26.7 Å². The molecule has 0 bridgehead atoms. The van der Waals surface area contributed by atoms with Crippen LogP contribution in [0.2, 0.25) is 0 Å². The van der Waals surface area contributed by atoms with Crippen LogP contribution >= 0.6 is 0 Å². The number of hydrogen-bond donors (Lipinski definition) is 0. The molecule has 2 aromatic rings. The summed E-state index contributed by atoms with van der Waals surface area (Å²) in [7, 11) is 2.12. The highest BCUT2D eigenvalue weighted by molar-refractivity contribution is 6.06. The van der Waals surface area contributed by atoms with Crippen molar-refractivity contribution in [2.24, 2.45) is 5.92 Å². The number of furan rings is 1. The molecule has 2 atom stereocenters. The van der Waals surface area contributed by atoms with Crippen LogP contribution < -0.4 is 0 Å². The molecule has 0 saturated carbocycles. The number of fused-ring (bicyclic) bond motifs is 2. The summed E-state index contributed by atoms with van der Waals surface area (Å²) < 4.78 is 32.3. The Labute approximate surface area is 132 Å². The number of carbonyl (C=O) groups excluding carboxylic acids is 1. The molecule has 1 aromatic heterocycles. The SMILES string of the molecule is CN1CCC2CN(C(=O)c3coc4c(F)cc(F)cc34)CCC21. The molecular weight excluding hydrogens is 302 g/mol. The maximum absolute atomic E-state index is 13.7. The normalized spacial score (nSPS) is 25.1. The van der Waals surface area contributed by atoms with Crippen molar-refractivity contribution in [1.29, 1.82) is 0 Å². The zero-order valence-electron chi connectivity index (χ0n) is 12.9. The lowest BCUT2D eigenvalue weighted by Gasteiger charge is -2.36. The molecule has 2 aliphatic rings. The molecule has 2 aliphatic heterocycles. The highest BCUT2D eigenvalue weighted by atomic mass is 19.1. The molecule has 1 aromatic carbocycles. The summed E-state index contributed by atoms with van der Waals surface area (Å²) in [6, 6.07) is 2.46. The maximum atomic E-state index is 13.7. The van der Waals surface area contributed by atoms with Gasteiger partial charge >= 0.3 is 0 Å². The fourth-order valence-corrected chi connectivity index (χ4v) is 4.00. The van der Waals surface area contributed by atoms with Crippen molar-refractivity contribution < 1.29 is 18.0 Å². The van der Waals surface area contributed by atoms with Crippen LogP contribution in [0.15, 0.2) is 22.8 Å². The molecule has 0 spiro atoms. The third kappa shape index (κ3) is 2.32. The van der Waals surface area contributed by atoms with Crippen LogP contribution in [0.3, 0.4) is 0 Å². The summed E-state index contributed by atoms with van der Waals surface area (Å²) in [4.78, 5) is 16.9. The summed E-state index contributed by atoms with van der Waals surface area (Å²) in [6.07, 6.45) is 3.26. The monoisotopic (exact) mass is 320 g/mol. The van der Waals surface area contributed by atoms with E-state index in [1.807, 2.05) is 0 Å². The Morgan fingerprint density at radius 3 is 2.91 bits per heavy atom. The lowest BCUT2D eigenvalue weighted by molar-refractivity contribution is 0.0617. The number of benzene rings is 1. The number of amides is 1. The van der Waals surface area contributed by atoms with Crippen LogP contribution in [-0.4, -0.2) is 48.4 Å². The van der Waals surface area contributed by atoms with Crippen molar-refractivity contribution >= 4 is 16.9 Å². The Hall–Kier alpha value is -1.95. The average molecular weight is 320 g/mol. The van der Waals surface area contributed by atoms with Gasteiger partial charge < -0.3 is 14.2 Å². The van der Waals surface area contributed by atoms with Gasteiger partial charge in [-0.05, 0) is 38.4 Å². The Bertz CT molecular complexity index is 773. The van der Waals surface area contributed by atoms with Crippen molar-refractivity contribution in [3.63, 3.8) is 0 Å². The van der Waals surface area contributed by atoms with E-state index in [0.717, 1.165) is 31.5 Å². The topological polar surface area (TPSA) is 36.7 Å². The summed E-state index contributed by atoms with van der Waals surface area (Å²) in [5.41, 5.74) is 0.174. The molecule has 4 nitrogen and oxygen atoms in total.